The lowest BCUT2D eigenvalue weighted by molar-refractivity contribution is 0.0636. The first-order valence-corrected chi connectivity index (χ1v) is 7.22. The maximum atomic E-state index is 13.5. The number of anilines is 1. The zero-order valence-electron chi connectivity index (χ0n) is 11.2. The van der Waals surface area contributed by atoms with E-state index in [2.05, 4.69) is 5.32 Å². The van der Waals surface area contributed by atoms with Crippen LogP contribution in [0, 0.1) is 5.82 Å². The van der Waals surface area contributed by atoms with E-state index in [9.17, 15) is 21.5 Å². The topological polar surface area (TPSA) is 72.5 Å². The molecule has 0 unspecified atom stereocenters. The Labute approximate surface area is 116 Å². The Kier molecular flexibility index (Phi) is 4.69. The molecule has 1 aromatic rings. The lowest BCUT2D eigenvalue weighted by Gasteiger charge is -2.19. The Morgan fingerprint density at radius 3 is 2.40 bits per heavy atom. The molecule has 8 heteroatoms. The van der Waals surface area contributed by atoms with E-state index in [4.69, 9.17) is 4.74 Å². The van der Waals surface area contributed by atoms with Crippen LogP contribution in [0.4, 0.5) is 18.8 Å². The number of halogens is 2. The van der Waals surface area contributed by atoms with E-state index < -0.39 is 33.5 Å². The maximum Gasteiger partial charge on any atom is 0.412 e. The third kappa shape index (κ3) is 5.96. The van der Waals surface area contributed by atoms with Gasteiger partial charge < -0.3 is 4.74 Å². The maximum absolute atomic E-state index is 13.5. The zero-order valence-corrected chi connectivity index (χ0v) is 12.1. The fourth-order valence-corrected chi connectivity index (χ4v) is 1.95. The Morgan fingerprint density at radius 2 is 1.95 bits per heavy atom. The van der Waals surface area contributed by atoms with Crippen LogP contribution >= 0.6 is 0 Å². The van der Waals surface area contributed by atoms with Crippen LogP contribution in [-0.4, -0.2) is 20.1 Å². The number of carbonyl (C=O) groups excluding carboxylic acids is 1. The van der Waals surface area contributed by atoms with Crippen LogP contribution in [0.1, 0.15) is 26.3 Å². The van der Waals surface area contributed by atoms with Gasteiger partial charge in [0, 0.05) is 11.3 Å². The van der Waals surface area contributed by atoms with Gasteiger partial charge in [-0.2, -0.15) is 8.42 Å². The van der Waals surface area contributed by atoms with Crippen molar-refractivity contribution in [3.63, 3.8) is 0 Å². The average molecular weight is 307 g/mol. The van der Waals surface area contributed by atoms with Crippen LogP contribution in [-0.2, 0) is 20.7 Å². The molecule has 1 aromatic carbocycles. The first kappa shape index (κ1) is 16.4. The Balaban J connectivity index is 2.80. The minimum absolute atomic E-state index is 0.0803. The van der Waals surface area contributed by atoms with Gasteiger partial charge in [0.25, 0.3) is 0 Å². The van der Waals surface area contributed by atoms with Crippen LogP contribution in [0.3, 0.4) is 0 Å². The van der Waals surface area contributed by atoms with Crippen molar-refractivity contribution in [1.82, 2.24) is 0 Å². The van der Waals surface area contributed by atoms with E-state index in [-0.39, 0.29) is 11.3 Å². The van der Waals surface area contributed by atoms with Crippen LogP contribution in [0.25, 0.3) is 0 Å². The van der Waals surface area contributed by atoms with Gasteiger partial charge in [0.05, 0.1) is 0 Å². The van der Waals surface area contributed by atoms with Crippen molar-refractivity contribution >= 4 is 22.0 Å². The van der Waals surface area contributed by atoms with Gasteiger partial charge >= 0.3 is 16.3 Å². The first-order chi connectivity index (χ1) is 8.96. The fraction of sp³-hybridized carbons (Fsp3) is 0.417. The molecule has 0 aromatic heterocycles. The summed E-state index contributed by atoms with van der Waals surface area (Å²) in [5.74, 6) is -1.98. The van der Waals surface area contributed by atoms with Gasteiger partial charge in [-0.25, -0.2) is 9.18 Å². The van der Waals surface area contributed by atoms with Gasteiger partial charge in [0.15, 0.2) is 0 Å². The van der Waals surface area contributed by atoms with E-state index >= 15 is 0 Å². The molecule has 0 atom stereocenters. The molecular weight excluding hydrogens is 292 g/mol. The Hall–Kier alpha value is -1.70. The summed E-state index contributed by atoms with van der Waals surface area (Å²) in [6, 6.07) is 3.23. The monoisotopic (exact) mass is 307 g/mol. The molecule has 20 heavy (non-hydrogen) atoms. The van der Waals surface area contributed by atoms with Gasteiger partial charge in [-0.15, -0.1) is 3.89 Å². The van der Waals surface area contributed by atoms with Gasteiger partial charge in [0.1, 0.15) is 17.2 Å². The summed E-state index contributed by atoms with van der Waals surface area (Å²) in [6.07, 6.45) is -0.775. The molecule has 1 amide bonds. The van der Waals surface area contributed by atoms with Gasteiger partial charge in [-0.1, -0.05) is 6.07 Å². The minimum atomic E-state index is -4.81. The average Bonchev–Trinajstić information content (AvgIpc) is 2.17. The van der Waals surface area contributed by atoms with Gasteiger partial charge in [0.2, 0.25) is 0 Å². The number of amides is 1. The van der Waals surface area contributed by atoms with Crippen molar-refractivity contribution < 1.29 is 26.2 Å². The number of nitrogens with one attached hydrogen (secondary N) is 1. The molecule has 0 bridgehead atoms. The second kappa shape index (κ2) is 5.74. The molecule has 1 N–H and O–H groups in total. The molecule has 0 aliphatic carbocycles. The third-order valence-corrected chi connectivity index (χ3v) is 2.68. The summed E-state index contributed by atoms with van der Waals surface area (Å²) in [6.45, 7) is 5.01. The number of ether oxygens (including phenoxy) is 1. The summed E-state index contributed by atoms with van der Waals surface area (Å²) in [5, 5.41) is 2.28. The molecule has 112 valence electrons. The number of hydrogen-bond acceptors (Lipinski definition) is 4. The van der Waals surface area contributed by atoms with Crippen LogP contribution < -0.4 is 5.32 Å². The molecule has 0 aliphatic heterocycles. The van der Waals surface area contributed by atoms with E-state index in [1.54, 1.807) is 20.8 Å². The normalized spacial score (nSPS) is 12.1. The van der Waals surface area contributed by atoms with E-state index in [1.807, 2.05) is 0 Å². The molecule has 0 aliphatic rings. The van der Waals surface area contributed by atoms with Crippen molar-refractivity contribution in [1.29, 1.82) is 0 Å². The van der Waals surface area contributed by atoms with Crippen molar-refractivity contribution in [3.05, 3.63) is 29.6 Å². The zero-order chi connectivity index (χ0) is 15.6. The van der Waals surface area contributed by atoms with Crippen LogP contribution in [0.5, 0.6) is 0 Å². The second-order valence-electron chi connectivity index (χ2n) is 5.12. The van der Waals surface area contributed by atoms with Crippen LogP contribution in [0.15, 0.2) is 18.2 Å². The van der Waals surface area contributed by atoms with Crippen molar-refractivity contribution in [2.75, 3.05) is 5.32 Å². The molecule has 5 nitrogen and oxygen atoms in total. The summed E-state index contributed by atoms with van der Waals surface area (Å²) in [7, 11) is -4.81. The van der Waals surface area contributed by atoms with Crippen molar-refractivity contribution in [3.8, 4) is 0 Å². The summed E-state index contributed by atoms with van der Waals surface area (Å²) < 4.78 is 51.9. The van der Waals surface area contributed by atoms with E-state index in [0.717, 1.165) is 12.1 Å². The van der Waals surface area contributed by atoms with E-state index in [1.165, 1.54) is 6.07 Å². The number of benzene rings is 1. The molecule has 0 radical (unpaired) electrons. The number of hydrogen-bond donors (Lipinski definition) is 1. The highest BCUT2D eigenvalue weighted by Crippen LogP contribution is 2.18. The second-order valence-corrected chi connectivity index (χ2v) is 6.48. The fourth-order valence-electron chi connectivity index (χ4n) is 1.35. The highest BCUT2D eigenvalue weighted by Gasteiger charge is 2.17. The lowest BCUT2D eigenvalue weighted by Crippen LogP contribution is -2.27. The Bertz CT molecular complexity index is 608. The van der Waals surface area contributed by atoms with Crippen molar-refractivity contribution in [2.45, 2.75) is 32.1 Å². The summed E-state index contributed by atoms with van der Waals surface area (Å²) >= 11 is 0. The van der Waals surface area contributed by atoms with Crippen molar-refractivity contribution in [2.24, 2.45) is 0 Å². The minimum Gasteiger partial charge on any atom is -0.444 e. The smallest absolute Gasteiger partial charge is 0.412 e. The molecule has 1 rings (SSSR count). The summed E-state index contributed by atoms with van der Waals surface area (Å²) in [4.78, 5) is 11.4. The highest BCUT2D eigenvalue weighted by atomic mass is 32.3. The Morgan fingerprint density at radius 1 is 1.35 bits per heavy atom. The first-order valence-electron chi connectivity index (χ1n) is 5.67. The molecule has 0 spiro atoms. The molecule has 0 heterocycles. The van der Waals surface area contributed by atoms with Crippen LogP contribution in [0.2, 0.25) is 0 Å². The molecule has 0 fully saturated rings. The highest BCUT2D eigenvalue weighted by molar-refractivity contribution is 7.85. The molecule has 0 saturated heterocycles. The predicted molar refractivity (Wildman–Crippen MR) is 70.0 cm³/mol. The largest absolute Gasteiger partial charge is 0.444 e. The number of carbonyl (C=O) groups is 1. The number of rotatable bonds is 3. The molecule has 0 saturated carbocycles. The summed E-state index contributed by atoms with van der Waals surface area (Å²) in [5.41, 5.74) is -0.941. The van der Waals surface area contributed by atoms with Gasteiger partial charge in [-0.3, -0.25) is 5.32 Å². The standard InChI is InChI=1S/C12H15F2NO4S/c1-12(2,3)19-11(16)15-9-5-4-8(10(13)6-9)7-20(14,17)18/h4-6H,7H2,1-3H3,(H,15,16). The van der Waals surface area contributed by atoms with Gasteiger partial charge in [-0.05, 0) is 32.9 Å². The lowest BCUT2D eigenvalue weighted by atomic mass is 10.2. The molecular formula is C12H15F2NO4S. The quantitative estimate of drug-likeness (QED) is 0.871. The predicted octanol–water partition coefficient (Wildman–Crippen LogP) is 2.97. The van der Waals surface area contributed by atoms with E-state index in [0.29, 0.717) is 0 Å². The third-order valence-electron chi connectivity index (χ3n) is 2.03. The SMILES string of the molecule is CC(C)(C)OC(=O)Nc1ccc(CS(=O)(=O)F)c(F)c1.